The number of carbonyl (C=O) groups is 1. The monoisotopic (exact) mass is 423 g/mol. The van der Waals surface area contributed by atoms with Crippen LogP contribution in [0.2, 0.25) is 0 Å². The first kappa shape index (κ1) is 20.5. The van der Waals surface area contributed by atoms with Crippen molar-refractivity contribution in [2.45, 2.75) is 45.7 Å². The van der Waals surface area contributed by atoms with Gasteiger partial charge in [-0.15, -0.1) is 0 Å². The third-order valence-electron chi connectivity index (χ3n) is 6.41. The molecule has 1 atom stereocenters. The maximum absolute atomic E-state index is 13.7. The second-order valence-corrected chi connectivity index (χ2v) is 9.08. The van der Waals surface area contributed by atoms with Gasteiger partial charge in [-0.2, -0.15) is 0 Å². The Morgan fingerprint density at radius 2 is 1.62 bits per heavy atom. The molecule has 2 heterocycles. The van der Waals surface area contributed by atoms with Gasteiger partial charge in [-0.1, -0.05) is 74.5 Å². The van der Waals surface area contributed by atoms with Crippen LogP contribution >= 0.6 is 0 Å². The van der Waals surface area contributed by atoms with Gasteiger partial charge in [0, 0.05) is 12.2 Å². The Kier molecular flexibility index (Phi) is 5.52. The molecule has 0 radical (unpaired) electrons. The number of hydrogen-bond donors (Lipinski definition) is 0. The maximum Gasteiger partial charge on any atom is 0.235 e. The van der Waals surface area contributed by atoms with Crippen molar-refractivity contribution < 1.29 is 4.79 Å². The van der Waals surface area contributed by atoms with E-state index in [9.17, 15) is 4.79 Å². The lowest BCUT2D eigenvalue weighted by Gasteiger charge is -2.19. The smallest absolute Gasteiger partial charge is 0.235 e. The first-order valence-electron chi connectivity index (χ1n) is 11.5. The van der Waals surface area contributed by atoms with Crippen LogP contribution in [0, 0.1) is 5.92 Å². The van der Waals surface area contributed by atoms with Gasteiger partial charge in [0.05, 0.1) is 23.5 Å². The van der Waals surface area contributed by atoms with Crippen molar-refractivity contribution in [3.05, 3.63) is 95.8 Å². The van der Waals surface area contributed by atoms with Crippen molar-refractivity contribution in [1.82, 2.24) is 9.55 Å². The largest absolute Gasteiger partial charge is 0.326 e. The van der Waals surface area contributed by atoms with Gasteiger partial charge in [0.2, 0.25) is 5.91 Å². The van der Waals surface area contributed by atoms with E-state index in [2.05, 4.69) is 60.9 Å². The summed E-state index contributed by atoms with van der Waals surface area (Å²) in [4.78, 5) is 20.5. The van der Waals surface area contributed by atoms with Crippen LogP contribution in [0.4, 0.5) is 5.69 Å². The van der Waals surface area contributed by atoms with E-state index in [0.29, 0.717) is 12.5 Å². The number of hydrogen-bond acceptors (Lipinski definition) is 2. The Morgan fingerprint density at radius 1 is 0.906 bits per heavy atom. The lowest BCUT2D eigenvalue weighted by Crippen LogP contribution is -2.30. The molecule has 0 saturated carbocycles. The Morgan fingerprint density at radius 3 is 2.44 bits per heavy atom. The minimum atomic E-state index is -0.151. The molecule has 32 heavy (non-hydrogen) atoms. The molecular weight excluding hydrogens is 394 g/mol. The number of para-hydroxylation sites is 3. The summed E-state index contributed by atoms with van der Waals surface area (Å²) in [5.74, 6) is 1.57. The van der Waals surface area contributed by atoms with E-state index in [0.717, 1.165) is 47.5 Å². The van der Waals surface area contributed by atoms with Crippen molar-refractivity contribution in [2.75, 3.05) is 4.90 Å². The number of nitrogens with zero attached hydrogens (tertiary/aromatic N) is 3. The Hall–Kier alpha value is -3.40. The summed E-state index contributed by atoms with van der Waals surface area (Å²) < 4.78 is 2.30. The predicted octanol–water partition coefficient (Wildman–Crippen LogP) is 5.96. The molecule has 0 fully saturated rings. The van der Waals surface area contributed by atoms with E-state index >= 15 is 0 Å². The standard InChI is InChI=1S/C28H29N3O/c1-20(2)16-17-30-26-15-9-7-13-24(26)29-27(30)19-31-25-14-8-6-12-22(25)23(28(31)32)18-21-10-4-3-5-11-21/h3-15,20,23H,16-19H2,1-2H3. The van der Waals surface area contributed by atoms with Crippen LogP contribution in [0.25, 0.3) is 11.0 Å². The van der Waals surface area contributed by atoms with Crippen molar-refractivity contribution in [3.8, 4) is 0 Å². The van der Waals surface area contributed by atoms with E-state index in [1.165, 1.54) is 5.56 Å². The lowest BCUT2D eigenvalue weighted by atomic mass is 9.93. The average Bonchev–Trinajstić information content (AvgIpc) is 3.29. The molecule has 162 valence electrons. The highest BCUT2D eigenvalue weighted by atomic mass is 16.2. The number of aryl methyl sites for hydroxylation is 1. The van der Waals surface area contributed by atoms with Crippen LogP contribution in [0.1, 0.15) is 43.1 Å². The lowest BCUT2D eigenvalue weighted by molar-refractivity contribution is -0.119. The van der Waals surface area contributed by atoms with Crippen molar-refractivity contribution in [2.24, 2.45) is 5.92 Å². The number of amides is 1. The number of rotatable bonds is 7. The summed E-state index contributed by atoms with van der Waals surface area (Å²) in [6.07, 6.45) is 1.80. The molecule has 0 bridgehead atoms. The summed E-state index contributed by atoms with van der Waals surface area (Å²) in [6.45, 7) is 5.89. The zero-order chi connectivity index (χ0) is 22.1. The summed E-state index contributed by atoms with van der Waals surface area (Å²) in [5, 5.41) is 0. The minimum absolute atomic E-state index is 0.151. The fourth-order valence-corrected chi connectivity index (χ4v) is 4.70. The topological polar surface area (TPSA) is 38.1 Å². The van der Waals surface area contributed by atoms with Crippen LogP contribution in [0.15, 0.2) is 78.9 Å². The zero-order valence-electron chi connectivity index (χ0n) is 18.7. The molecule has 4 heteroatoms. The highest BCUT2D eigenvalue weighted by molar-refractivity contribution is 6.05. The first-order chi connectivity index (χ1) is 15.6. The summed E-state index contributed by atoms with van der Waals surface area (Å²) >= 11 is 0. The fraction of sp³-hybridized carbons (Fsp3) is 0.286. The molecule has 1 aliphatic heterocycles. The maximum atomic E-state index is 13.7. The highest BCUT2D eigenvalue weighted by Gasteiger charge is 2.37. The number of anilines is 1. The van der Waals surface area contributed by atoms with Crippen LogP contribution in [0.5, 0.6) is 0 Å². The van der Waals surface area contributed by atoms with Crippen molar-refractivity contribution in [1.29, 1.82) is 0 Å². The SMILES string of the molecule is CC(C)CCn1c(CN2C(=O)C(Cc3ccccc3)c3ccccc32)nc2ccccc21. The van der Waals surface area contributed by atoms with Gasteiger partial charge in [-0.3, -0.25) is 4.79 Å². The molecule has 3 aromatic carbocycles. The van der Waals surface area contributed by atoms with E-state index in [-0.39, 0.29) is 11.8 Å². The molecule has 0 spiro atoms. The average molecular weight is 424 g/mol. The van der Waals surface area contributed by atoms with Gasteiger partial charge in [-0.25, -0.2) is 4.98 Å². The minimum Gasteiger partial charge on any atom is -0.326 e. The number of aromatic nitrogens is 2. The molecule has 1 unspecified atom stereocenters. The Balaban J connectivity index is 1.50. The van der Waals surface area contributed by atoms with Gasteiger partial charge in [0.15, 0.2) is 0 Å². The highest BCUT2D eigenvalue weighted by Crippen LogP contribution is 2.40. The van der Waals surface area contributed by atoms with Crippen molar-refractivity contribution >= 4 is 22.6 Å². The van der Waals surface area contributed by atoms with Crippen LogP contribution in [-0.2, 0) is 24.3 Å². The molecule has 1 aromatic heterocycles. The second-order valence-electron chi connectivity index (χ2n) is 9.08. The molecule has 0 aliphatic carbocycles. The predicted molar refractivity (Wildman–Crippen MR) is 130 cm³/mol. The van der Waals surface area contributed by atoms with Crippen LogP contribution in [0.3, 0.4) is 0 Å². The number of fused-ring (bicyclic) bond motifs is 2. The molecule has 5 rings (SSSR count). The third-order valence-corrected chi connectivity index (χ3v) is 6.41. The number of carbonyl (C=O) groups excluding carboxylic acids is 1. The van der Waals surface area contributed by atoms with E-state index in [4.69, 9.17) is 4.98 Å². The van der Waals surface area contributed by atoms with Gasteiger partial charge < -0.3 is 9.47 Å². The molecule has 1 aliphatic rings. The molecule has 4 aromatic rings. The van der Waals surface area contributed by atoms with Gasteiger partial charge in [0.1, 0.15) is 5.82 Å². The summed E-state index contributed by atoms with van der Waals surface area (Å²) in [7, 11) is 0. The van der Waals surface area contributed by atoms with Crippen LogP contribution in [-0.4, -0.2) is 15.5 Å². The summed E-state index contributed by atoms with van der Waals surface area (Å²) in [6, 6.07) is 26.8. The second kappa shape index (κ2) is 8.62. The Bertz CT molecular complexity index is 1240. The first-order valence-corrected chi connectivity index (χ1v) is 11.5. The number of benzene rings is 3. The fourth-order valence-electron chi connectivity index (χ4n) is 4.70. The molecule has 4 nitrogen and oxygen atoms in total. The molecular formula is C28H29N3O. The Labute approximate surface area is 189 Å². The zero-order valence-corrected chi connectivity index (χ0v) is 18.7. The number of imidazole rings is 1. The van der Waals surface area contributed by atoms with E-state index in [1.54, 1.807) is 0 Å². The third kappa shape index (κ3) is 3.81. The van der Waals surface area contributed by atoms with E-state index in [1.807, 2.05) is 41.3 Å². The molecule has 1 amide bonds. The molecule has 0 saturated heterocycles. The quantitative estimate of drug-likeness (QED) is 0.368. The van der Waals surface area contributed by atoms with Gasteiger partial charge >= 0.3 is 0 Å². The van der Waals surface area contributed by atoms with Gasteiger partial charge in [-0.05, 0) is 48.1 Å². The van der Waals surface area contributed by atoms with E-state index < -0.39 is 0 Å². The molecule has 0 N–H and O–H groups in total. The normalized spacial score (nSPS) is 15.7. The van der Waals surface area contributed by atoms with Crippen LogP contribution < -0.4 is 4.90 Å². The van der Waals surface area contributed by atoms with Gasteiger partial charge in [0.25, 0.3) is 0 Å². The summed E-state index contributed by atoms with van der Waals surface area (Å²) in [5.41, 5.74) is 5.45. The van der Waals surface area contributed by atoms with Crippen molar-refractivity contribution in [3.63, 3.8) is 0 Å².